The van der Waals surface area contributed by atoms with E-state index in [1.54, 1.807) is 5.56 Å². The summed E-state index contributed by atoms with van der Waals surface area (Å²) in [7, 11) is 0. The summed E-state index contributed by atoms with van der Waals surface area (Å²) >= 11 is 0. The first-order valence-electron chi connectivity index (χ1n) is 17.0. The lowest BCUT2D eigenvalue weighted by Gasteiger charge is -2.39. The third-order valence-electron chi connectivity index (χ3n) is 11.8. The molecule has 0 saturated heterocycles. The Balaban J connectivity index is 0.000000283. The van der Waals surface area contributed by atoms with E-state index in [1.165, 1.54) is 72.8 Å². The molecule has 5 rings (SSSR count). The Kier molecular flexibility index (Phi) is 10.8. The predicted octanol–water partition coefficient (Wildman–Crippen LogP) is 11.7. The van der Waals surface area contributed by atoms with Crippen molar-refractivity contribution in [2.75, 3.05) is 0 Å². The molecule has 3 aliphatic carbocycles. The lowest BCUT2D eigenvalue weighted by molar-refractivity contribution is 0.126. The fourth-order valence-electron chi connectivity index (χ4n) is 8.77. The Morgan fingerprint density at radius 3 is 2.08 bits per heavy atom. The van der Waals surface area contributed by atoms with Gasteiger partial charge in [0.2, 0.25) is 0 Å². The van der Waals surface area contributed by atoms with Gasteiger partial charge in [0.15, 0.2) is 0 Å². The van der Waals surface area contributed by atoms with E-state index in [2.05, 4.69) is 104 Å². The van der Waals surface area contributed by atoms with Gasteiger partial charge in [-0.05, 0) is 133 Å². The lowest BCUT2D eigenvalue weighted by atomic mass is 9.66. The van der Waals surface area contributed by atoms with E-state index in [0.29, 0.717) is 5.92 Å². The maximum atomic E-state index is 4.57. The zero-order chi connectivity index (χ0) is 29.0. The van der Waals surface area contributed by atoms with Crippen LogP contribution in [0.2, 0.25) is 0 Å². The van der Waals surface area contributed by atoms with E-state index in [4.69, 9.17) is 0 Å². The molecule has 0 radical (unpaired) electrons. The van der Waals surface area contributed by atoms with Crippen LogP contribution in [0.3, 0.4) is 0 Å². The highest BCUT2D eigenvalue weighted by Crippen LogP contribution is 2.44. The van der Waals surface area contributed by atoms with E-state index in [-0.39, 0.29) is 0 Å². The van der Waals surface area contributed by atoms with E-state index in [9.17, 15) is 0 Å². The standard InChI is InChI=1S/C29H38.C11H22/c1-6-23-14-20(3)22(5)27(16-23)17-25-8-7-9-26-18-28(15-21(4)29(25)26)24-12-10-19(2)11-13-24;1-5-11-7-8(2)6-9(3)10(11)4/h7-13,20,22-23,27-28H,4,6,14-18H2,1-3,5H3;8-11H,5-7H2,1-4H3/t20-,22+,23+,27-,28-;8-,9+,10-,11-/m00/s1. The van der Waals surface area contributed by atoms with Gasteiger partial charge in [-0.15, -0.1) is 0 Å². The number of benzene rings is 2. The van der Waals surface area contributed by atoms with Crippen molar-refractivity contribution >= 4 is 5.57 Å². The normalized spacial score (nSPS) is 34.0. The summed E-state index contributed by atoms with van der Waals surface area (Å²) in [4.78, 5) is 0. The molecular formula is C40H60. The molecule has 0 heterocycles. The van der Waals surface area contributed by atoms with Crippen molar-refractivity contribution in [3.8, 4) is 0 Å². The number of rotatable bonds is 5. The predicted molar refractivity (Wildman–Crippen MR) is 177 cm³/mol. The van der Waals surface area contributed by atoms with Crippen molar-refractivity contribution < 1.29 is 0 Å². The molecule has 0 aliphatic heterocycles. The SMILES string of the molecule is C=C1C[C@H](c2ccc(C)cc2)Cc2cccc(C[C@@H]3C[C@H](CC)C[C@H](C)[C@H]3C)c21.CC[C@H]1C[C@@H](C)C[C@@H](C)[C@@H]1C. The molecular weight excluding hydrogens is 480 g/mol. The summed E-state index contributed by atoms with van der Waals surface area (Å²) in [6.07, 6.45) is 12.0. The molecule has 0 amide bonds. The molecule has 0 bridgehead atoms. The number of hydrogen-bond acceptors (Lipinski definition) is 0. The fourth-order valence-corrected chi connectivity index (χ4v) is 8.77. The molecule has 40 heavy (non-hydrogen) atoms. The number of fused-ring (bicyclic) bond motifs is 1. The van der Waals surface area contributed by atoms with Crippen LogP contribution in [0.1, 0.15) is 127 Å². The van der Waals surface area contributed by atoms with Gasteiger partial charge in [0.25, 0.3) is 0 Å². The second-order valence-electron chi connectivity index (χ2n) is 14.7. The van der Waals surface area contributed by atoms with Crippen molar-refractivity contribution in [2.45, 2.75) is 119 Å². The summed E-state index contributed by atoms with van der Waals surface area (Å²) in [6, 6.07) is 16.2. The highest BCUT2D eigenvalue weighted by Gasteiger charge is 2.33. The first-order valence-corrected chi connectivity index (χ1v) is 17.0. The van der Waals surface area contributed by atoms with Crippen LogP contribution in [0.15, 0.2) is 49.0 Å². The molecule has 2 fully saturated rings. The highest BCUT2D eigenvalue weighted by molar-refractivity contribution is 5.72. The van der Waals surface area contributed by atoms with Crippen molar-refractivity contribution in [1.82, 2.24) is 0 Å². The average Bonchev–Trinajstić information content (AvgIpc) is 2.93. The molecule has 0 aromatic heterocycles. The van der Waals surface area contributed by atoms with Crippen LogP contribution >= 0.6 is 0 Å². The molecule has 220 valence electrons. The molecule has 0 spiro atoms. The number of hydrogen-bond donors (Lipinski definition) is 0. The summed E-state index contributed by atoms with van der Waals surface area (Å²) in [5.74, 6) is 7.90. The number of allylic oxidation sites excluding steroid dienone is 1. The van der Waals surface area contributed by atoms with Gasteiger partial charge >= 0.3 is 0 Å². The monoisotopic (exact) mass is 540 g/mol. The van der Waals surface area contributed by atoms with Crippen molar-refractivity contribution in [1.29, 1.82) is 0 Å². The van der Waals surface area contributed by atoms with Crippen LogP contribution in [-0.2, 0) is 12.8 Å². The molecule has 0 N–H and O–H groups in total. The fraction of sp³-hybridized carbons (Fsp3) is 0.650. The Labute approximate surface area is 248 Å². The van der Waals surface area contributed by atoms with Crippen molar-refractivity contribution in [2.24, 2.45) is 47.3 Å². The molecule has 0 unspecified atom stereocenters. The third-order valence-corrected chi connectivity index (χ3v) is 11.8. The van der Waals surface area contributed by atoms with Crippen molar-refractivity contribution in [3.05, 3.63) is 76.9 Å². The van der Waals surface area contributed by atoms with Crippen LogP contribution in [-0.4, -0.2) is 0 Å². The van der Waals surface area contributed by atoms with Gasteiger partial charge in [0.1, 0.15) is 0 Å². The zero-order valence-electron chi connectivity index (χ0n) is 27.3. The minimum Gasteiger partial charge on any atom is -0.0952 e. The maximum Gasteiger partial charge on any atom is -0.00808 e. The topological polar surface area (TPSA) is 0 Å². The Hall–Kier alpha value is -1.82. The highest BCUT2D eigenvalue weighted by atomic mass is 14.4. The van der Waals surface area contributed by atoms with Crippen LogP contribution in [0.5, 0.6) is 0 Å². The van der Waals surface area contributed by atoms with Crippen molar-refractivity contribution in [3.63, 3.8) is 0 Å². The third kappa shape index (κ3) is 7.33. The van der Waals surface area contributed by atoms with Gasteiger partial charge in [-0.1, -0.05) is 116 Å². The van der Waals surface area contributed by atoms with Gasteiger partial charge in [-0.2, -0.15) is 0 Å². The van der Waals surface area contributed by atoms with E-state index >= 15 is 0 Å². The van der Waals surface area contributed by atoms with Crippen LogP contribution < -0.4 is 0 Å². The van der Waals surface area contributed by atoms with E-state index < -0.39 is 0 Å². The minimum atomic E-state index is 0.573. The smallest absolute Gasteiger partial charge is 0.00808 e. The van der Waals surface area contributed by atoms with Crippen LogP contribution in [0, 0.1) is 54.3 Å². The van der Waals surface area contributed by atoms with Gasteiger partial charge in [-0.25, -0.2) is 0 Å². The van der Waals surface area contributed by atoms with E-state index in [1.807, 2.05) is 0 Å². The van der Waals surface area contributed by atoms with Gasteiger partial charge < -0.3 is 0 Å². The minimum absolute atomic E-state index is 0.573. The zero-order valence-corrected chi connectivity index (χ0v) is 27.3. The summed E-state index contributed by atoms with van der Waals surface area (Å²) in [5.41, 5.74) is 8.76. The Morgan fingerprint density at radius 1 is 0.725 bits per heavy atom. The second-order valence-corrected chi connectivity index (χ2v) is 14.7. The molecule has 9 atom stereocenters. The first-order chi connectivity index (χ1) is 19.1. The lowest BCUT2D eigenvalue weighted by Crippen LogP contribution is -2.31. The summed E-state index contributed by atoms with van der Waals surface area (Å²) in [6.45, 7) is 23.7. The summed E-state index contributed by atoms with van der Waals surface area (Å²) < 4.78 is 0. The Bertz CT molecular complexity index is 1090. The molecule has 0 nitrogen and oxygen atoms in total. The first kappa shape index (κ1) is 31.1. The van der Waals surface area contributed by atoms with Gasteiger partial charge in [0, 0.05) is 0 Å². The molecule has 2 aromatic carbocycles. The van der Waals surface area contributed by atoms with Crippen LogP contribution in [0.4, 0.5) is 0 Å². The Morgan fingerprint density at radius 2 is 1.40 bits per heavy atom. The molecule has 2 aromatic rings. The van der Waals surface area contributed by atoms with Gasteiger partial charge in [-0.3, -0.25) is 0 Å². The largest absolute Gasteiger partial charge is 0.0952 e. The molecule has 3 aliphatic rings. The maximum absolute atomic E-state index is 4.57. The second kappa shape index (κ2) is 13.9. The molecule has 0 heteroatoms. The van der Waals surface area contributed by atoms with Crippen LogP contribution in [0.25, 0.3) is 5.57 Å². The quantitative estimate of drug-likeness (QED) is 0.354. The molecule has 2 saturated carbocycles. The number of aryl methyl sites for hydroxylation is 1. The van der Waals surface area contributed by atoms with Gasteiger partial charge in [0.05, 0.1) is 0 Å². The average molecular weight is 541 g/mol. The summed E-state index contributed by atoms with van der Waals surface area (Å²) in [5, 5.41) is 0. The van der Waals surface area contributed by atoms with E-state index in [0.717, 1.165) is 60.2 Å².